The Morgan fingerprint density at radius 1 is 1.16 bits per heavy atom. The number of rotatable bonds is 4. The Morgan fingerprint density at radius 2 is 1.89 bits per heavy atom. The molecule has 0 aliphatic rings. The summed E-state index contributed by atoms with van der Waals surface area (Å²) in [5, 5.41) is 8.91. The van der Waals surface area contributed by atoms with Gasteiger partial charge in [0, 0.05) is 5.56 Å². The minimum Gasteiger partial charge on any atom is -0.489 e. The monoisotopic (exact) mass is 275 g/mol. The maximum atomic E-state index is 13.5. The zero-order chi connectivity index (χ0) is 13.7. The number of hydrogen-bond acceptors (Lipinski definition) is 2. The molecule has 96 valence electrons. The number of nitriles is 1. The third kappa shape index (κ3) is 3.46. The summed E-state index contributed by atoms with van der Waals surface area (Å²) >= 11 is 5.91. The van der Waals surface area contributed by atoms with E-state index in [2.05, 4.69) is 6.07 Å². The highest BCUT2D eigenvalue weighted by Crippen LogP contribution is 2.21. The Hall–Kier alpha value is -2.05. The molecule has 0 radical (unpaired) electrons. The van der Waals surface area contributed by atoms with Crippen molar-refractivity contribution in [2.45, 2.75) is 13.0 Å². The summed E-state index contributed by atoms with van der Waals surface area (Å²) in [5.74, 6) is 0.231. The Morgan fingerprint density at radius 3 is 2.53 bits per heavy atom. The smallest absolute Gasteiger partial charge is 0.131 e. The molecule has 2 aromatic carbocycles. The van der Waals surface area contributed by atoms with Crippen LogP contribution in [0.1, 0.15) is 11.1 Å². The van der Waals surface area contributed by atoms with Gasteiger partial charge in [0.1, 0.15) is 18.2 Å². The average molecular weight is 276 g/mol. The quantitative estimate of drug-likeness (QED) is 0.841. The summed E-state index contributed by atoms with van der Waals surface area (Å²) in [6, 6.07) is 13.7. The van der Waals surface area contributed by atoms with E-state index in [0.29, 0.717) is 22.8 Å². The van der Waals surface area contributed by atoms with Gasteiger partial charge in [-0.15, -0.1) is 0 Å². The molecule has 0 N–H and O–H groups in total. The first-order valence-electron chi connectivity index (χ1n) is 5.72. The van der Waals surface area contributed by atoms with Crippen LogP contribution in [-0.2, 0) is 13.0 Å². The molecule has 0 spiro atoms. The molecule has 0 heterocycles. The summed E-state index contributed by atoms with van der Waals surface area (Å²) in [4.78, 5) is 0. The van der Waals surface area contributed by atoms with E-state index < -0.39 is 0 Å². The van der Waals surface area contributed by atoms with E-state index in [1.54, 1.807) is 24.3 Å². The second-order valence-electron chi connectivity index (χ2n) is 3.97. The maximum Gasteiger partial charge on any atom is 0.131 e. The van der Waals surface area contributed by atoms with Gasteiger partial charge in [0.2, 0.25) is 0 Å². The molecule has 0 aliphatic carbocycles. The highest BCUT2D eigenvalue weighted by Gasteiger charge is 2.07. The van der Waals surface area contributed by atoms with E-state index in [0.717, 1.165) is 5.56 Å². The summed E-state index contributed by atoms with van der Waals surface area (Å²) in [5.41, 5.74) is 1.25. The van der Waals surface area contributed by atoms with Gasteiger partial charge in [-0.1, -0.05) is 29.8 Å². The van der Waals surface area contributed by atoms with Crippen LogP contribution in [0, 0.1) is 17.1 Å². The minimum absolute atomic E-state index is 0.0725. The topological polar surface area (TPSA) is 33.0 Å². The van der Waals surface area contributed by atoms with Crippen molar-refractivity contribution in [3.63, 3.8) is 0 Å². The van der Waals surface area contributed by atoms with Gasteiger partial charge in [0.25, 0.3) is 0 Å². The number of hydrogen-bond donors (Lipinski definition) is 0. The molecule has 0 aromatic heterocycles. The van der Waals surface area contributed by atoms with Crippen molar-refractivity contribution in [3.8, 4) is 11.8 Å². The van der Waals surface area contributed by atoms with Crippen molar-refractivity contribution in [3.05, 3.63) is 64.4 Å². The predicted molar refractivity (Wildman–Crippen MR) is 71.5 cm³/mol. The van der Waals surface area contributed by atoms with Crippen LogP contribution in [-0.4, -0.2) is 0 Å². The second-order valence-corrected chi connectivity index (χ2v) is 4.37. The predicted octanol–water partition coefficient (Wildman–Crippen LogP) is 4.12. The average Bonchev–Trinajstić information content (AvgIpc) is 2.40. The van der Waals surface area contributed by atoms with E-state index in [4.69, 9.17) is 21.6 Å². The fourth-order valence-corrected chi connectivity index (χ4v) is 1.84. The number of nitrogens with zero attached hydrogens (tertiary/aromatic N) is 1. The maximum absolute atomic E-state index is 13.5. The molecule has 0 atom stereocenters. The van der Waals surface area contributed by atoms with Crippen molar-refractivity contribution in [1.82, 2.24) is 0 Å². The largest absolute Gasteiger partial charge is 0.489 e. The lowest BCUT2D eigenvalue weighted by Crippen LogP contribution is -1.99. The molecule has 0 saturated heterocycles. The molecule has 0 fully saturated rings. The van der Waals surface area contributed by atoms with Crippen molar-refractivity contribution < 1.29 is 9.13 Å². The highest BCUT2D eigenvalue weighted by atomic mass is 35.5. The molecule has 4 heteroatoms. The number of benzene rings is 2. The van der Waals surface area contributed by atoms with Crippen molar-refractivity contribution in [2.24, 2.45) is 0 Å². The fourth-order valence-electron chi connectivity index (χ4n) is 1.62. The standard InChI is InChI=1S/C15H11ClFNO/c16-14-2-1-3-15(17)13(14)10-19-12-6-4-11(5-7-12)8-9-18/h1-7H,8,10H2. The lowest BCUT2D eigenvalue weighted by molar-refractivity contribution is 0.300. The van der Waals surface area contributed by atoms with Crippen LogP contribution in [0.25, 0.3) is 0 Å². The zero-order valence-corrected chi connectivity index (χ0v) is 10.8. The van der Waals surface area contributed by atoms with E-state index >= 15 is 0 Å². The summed E-state index contributed by atoms with van der Waals surface area (Å²) in [7, 11) is 0. The SMILES string of the molecule is N#CCc1ccc(OCc2c(F)cccc2Cl)cc1. The molecule has 2 rings (SSSR count). The Kier molecular flexibility index (Phi) is 4.38. The highest BCUT2D eigenvalue weighted by molar-refractivity contribution is 6.31. The lowest BCUT2D eigenvalue weighted by Gasteiger charge is -2.09. The molecule has 2 aromatic rings. The van der Waals surface area contributed by atoms with E-state index in [1.807, 2.05) is 12.1 Å². The fraction of sp³-hybridized carbons (Fsp3) is 0.133. The van der Waals surface area contributed by atoms with Gasteiger partial charge in [-0.2, -0.15) is 5.26 Å². The van der Waals surface area contributed by atoms with Gasteiger partial charge >= 0.3 is 0 Å². The molecule has 0 aliphatic heterocycles. The molecule has 2 nitrogen and oxygen atoms in total. The normalized spacial score (nSPS) is 9.95. The Labute approximate surface area is 116 Å². The Balaban J connectivity index is 2.04. The van der Waals surface area contributed by atoms with Gasteiger partial charge in [-0.3, -0.25) is 0 Å². The molecule has 19 heavy (non-hydrogen) atoms. The zero-order valence-electron chi connectivity index (χ0n) is 10.1. The summed E-state index contributed by atoms with van der Waals surface area (Å²) in [6.45, 7) is 0.0725. The van der Waals surface area contributed by atoms with Crippen molar-refractivity contribution >= 4 is 11.6 Å². The first-order chi connectivity index (χ1) is 9.20. The number of ether oxygens (including phenoxy) is 1. The van der Waals surface area contributed by atoms with Gasteiger partial charge in [-0.05, 0) is 29.8 Å². The van der Waals surface area contributed by atoms with E-state index in [-0.39, 0.29) is 12.4 Å². The van der Waals surface area contributed by atoms with Crippen LogP contribution in [0.15, 0.2) is 42.5 Å². The molecule has 0 amide bonds. The van der Waals surface area contributed by atoms with E-state index in [9.17, 15) is 4.39 Å². The minimum atomic E-state index is -0.381. The third-order valence-corrected chi connectivity index (χ3v) is 3.01. The summed E-state index contributed by atoms with van der Waals surface area (Å²) < 4.78 is 19.0. The number of halogens is 2. The molecular weight excluding hydrogens is 265 g/mol. The molecule has 0 unspecified atom stereocenters. The van der Waals surface area contributed by atoms with Crippen LogP contribution in [0.5, 0.6) is 5.75 Å². The first kappa shape index (κ1) is 13.4. The van der Waals surface area contributed by atoms with Gasteiger partial charge in [0.15, 0.2) is 0 Å². The first-order valence-corrected chi connectivity index (χ1v) is 6.10. The molecule has 0 saturated carbocycles. The molecule has 0 bridgehead atoms. The van der Waals surface area contributed by atoms with E-state index in [1.165, 1.54) is 6.07 Å². The van der Waals surface area contributed by atoms with Crippen molar-refractivity contribution in [2.75, 3.05) is 0 Å². The third-order valence-electron chi connectivity index (χ3n) is 2.65. The summed E-state index contributed by atoms with van der Waals surface area (Å²) in [6.07, 6.45) is 0.361. The van der Waals surface area contributed by atoms with Crippen LogP contribution in [0.3, 0.4) is 0 Å². The van der Waals surface area contributed by atoms with Gasteiger partial charge in [-0.25, -0.2) is 4.39 Å². The Bertz CT molecular complexity index is 584. The second kappa shape index (κ2) is 6.21. The van der Waals surface area contributed by atoms with Gasteiger partial charge in [0.05, 0.1) is 17.5 Å². The van der Waals surface area contributed by atoms with Crippen LogP contribution in [0.4, 0.5) is 4.39 Å². The van der Waals surface area contributed by atoms with Crippen molar-refractivity contribution in [1.29, 1.82) is 5.26 Å². The van der Waals surface area contributed by atoms with Crippen LogP contribution < -0.4 is 4.74 Å². The van der Waals surface area contributed by atoms with Crippen LogP contribution in [0.2, 0.25) is 5.02 Å². The molecular formula is C15H11ClFNO. The van der Waals surface area contributed by atoms with Gasteiger partial charge < -0.3 is 4.74 Å². The van der Waals surface area contributed by atoms with Crippen LogP contribution >= 0.6 is 11.6 Å². The lowest BCUT2D eigenvalue weighted by atomic mass is 10.1.